The van der Waals surface area contributed by atoms with Crippen molar-refractivity contribution in [3.8, 4) is 5.69 Å². The third kappa shape index (κ3) is 6.22. The van der Waals surface area contributed by atoms with E-state index in [-0.39, 0.29) is 24.2 Å². The molecule has 3 aromatic rings. The van der Waals surface area contributed by atoms with Crippen LogP contribution in [0.4, 0.5) is 0 Å². The van der Waals surface area contributed by atoms with Crippen molar-refractivity contribution in [2.24, 2.45) is 5.92 Å². The molecule has 3 rings (SSSR count). The molecule has 1 heterocycles. The number of amides is 1. The smallest absolute Gasteiger partial charge is 0.310 e. The predicted octanol–water partition coefficient (Wildman–Crippen LogP) is 4.12. The molecular formula is C25H30N4O3S. The van der Waals surface area contributed by atoms with Crippen molar-refractivity contribution in [3.05, 3.63) is 71.0 Å². The van der Waals surface area contributed by atoms with Crippen LogP contribution in [-0.2, 0) is 20.9 Å². The summed E-state index contributed by atoms with van der Waals surface area (Å²) < 4.78 is 6.84. The van der Waals surface area contributed by atoms with E-state index in [0.717, 1.165) is 28.2 Å². The Balaban J connectivity index is 1.79. The zero-order valence-electron chi connectivity index (χ0n) is 19.7. The first-order chi connectivity index (χ1) is 15.8. The van der Waals surface area contributed by atoms with Crippen LogP contribution < -0.4 is 0 Å². The summed E-state index contributed by atoms with van der Waals surface area (Å²) in [5.41, 5.74) is 4.26. The molecule has 1 aromatic heterocycles. The third-order valence-electron chi connectivity index (χ3n) is 5.39. The number of hydrogen-bond acceptors (Lipinski definition) is 6. The second-order valence-electron chi connectivity index (χ2n) is 8.13. The Kier molecular flexibility index (Phi) is 8.27. The molecule has 0 aliphatic carbocycles. The lowest BCUT2D eigenvalue weighted by molar-refractivity contribution is -0.146. The molecule has 0 N–H and O–H groups in total. The lowest BCUT2D eigenvalue weighted by Gasteiger charge is -2.25. The first-order valence-corrected chi connectivity index (χ1v) is 11.8. The van der Waals surface area contributed by atoms with Crippen molar-refractivity contribution in [3.63, 3.8) is 0 Å². The average Bonchev–Trinajstić information content (AvgIpc) is 3.18. The monoisotopic (exact) mass is 466 g/mol. The van der Waals surface area contributed by atoms with Gasteiger partial charge in [-0.25, -0.2) is 0 Å². The Morgan fingerprint density at radius 1 is 1.09 bits per heavy atom. The molecule has 0 radical (unpaired) electrons. The van der Waals surface area contributed by atoms with Gasteiger partial charge in [0, 0.05) is 13.1 Å². The first kappa shape index (κ1) is 24.5. The average molecular weight is 467 g/mol. The first-order valence-electron chi connectivity index (χ1n) is 10.8. The van der Waals surface area contributed by atoms with Crippen LogP contribution in [0.25, 0.3) is 5.69 Å². The second kappa shape index (κ2) is 11.1. The maximum Gasteiger partial charge on any atom is 0.310 e. The van der Waals surface area contributed by atoms with Crippen molar-refractivity contribution < 1.29 is 14.3 Å². The largest absolute Gasteiger partial charge is 0.469 e. The zero-order valence-corrected chi connectivity index (χ0v) is 20.6. The van der Waals surface area contributed by atoms with Crippen LogP contribution in [0, 0.1) is 26.7 Å². The normalized spacial score (nSPS) is 11.8. The fourth-order valence-electron chi connectivity index (χ4n) is 3.56. The number of nitrogens with zero attached hydrogens (tertiary/aromatic N) is 4. The molecule has 33 heavy (non-hydrogen) atoms. The number of benzene rings is 2. The molecule has 7 nitrogen and oxygen atoms in total. The van der Waals surface area contributed by atoms with Gasteiger partial charge in [0.05, 0.1) is 24.5 Å². The highest BCUT2D eigenvalue weighted by Crippen LogP contribution is 2.25. The standard InChI is InChI=1S/C25H30N4O3S/c1-17-11-12-18(2)22(13-17)29-20(4)26-27-25(29)33-16-23(30)28(14-19(3)24(31)32-5)15-21-9-7-6-8-10-21/h6-13,19H,14-16H2,1-5H3. The van der Waals surface area contributed by atoms with E-state index in [9.17, 15) is 9.59 Å². The molecule has 1 unspecified atom stereocenters. The molecule has 1 atom stereocenters. The molecule has 8 heteroatoms. The lowest BCUT2D eigenvalue weighted by atomic mass is 10.1. The van der Waals surface area contributed by atoms with E-state index < -0.39 is 5.92 Å². The highest BCUT2D eigenvalue weighted by Gasteiger charge is 2.23. The Hall–Kier alpha value is -3.13. The molecule has 2 aromatic carbocycles. The summed E-state index contributed by atoms with van der Waals surface area (Å²) in [6.07, 6.45) is 0. The van der Waals surface area contributed by atoms with Crippen LogP contribution >= 0.6 is 11.8 Å². The number of thioether (sulfide) groups is 1. The molecule has 0 saturated carbocycles. The molecule has 1 amide bonds. The molecule has 0 spiro atoms. The Morgan fingerprint density at radius 2 is 1.82 bits per heavy atom. The van der Waals surface area contributed by atoms with Gasteiger partial charge in [0.15, 0.2) is 5.16 Å². The van der Waals surface area contributed by atoms with Crippen LogP contribution in [-0.4, -0.2) is 50.9 Å². The van der Waals surface area contributed by atoms with Crippen molar-refractivity contribution in [1.82, 2.24) is 19.7 Å². The molecule has 0 bridgehead atoms. The van der Waals surface area contributed by atoms with Crippen molar-refractivity contribution in [1.29, 1.82) is 0 Å². The minimum absolute atomic E-state index is 0.0761. The van der Waals surface area contributed by atoms with Gasteiger partial charge in [0.2, 0.25) is 5.91 Å². The SMILES string of the molecule is COC(=O)C(C)CN(Cc1ccccc1)C(=O)CSc1nnc(C)n1-c1cc(C)ccc1C. The van der Waals surface area contributed by atoms with E-state index in [0.29, 0.717) is 11.7 Å². The van der Waals surface area contributed by atoms with Crippen LogP contribution in [0.15, 0.2) is 53.7 Å². The Morgan fingerprint density at radius 3 is 2.52 bits per heavy atom. The van der Waals surface area contributed by atoms with Gasteiger partial charge in [-0.05, 0) is 43.5 Å². The molecule has 0 saturated heterocycles. The van der Waals surface area contributed by atoms with E-state index in [4.69, 9.17) is 4.74 Å². The number of hydrogen-bond donors (Lipinski definition) is 0. The second-order valence-corrected chi connectivity index (χ2v) is 9.07. The van der Waals surface area contributed by atoms with Gasteiger partial charge in [-0.15, -0.1) is 10.2 Å². The van der Waals surface area contributed by atoms with Crippen LogP contribution in [0.3, 0.4) is 0 Å². The van der Waals surface area contributed by atoms with E-state index in [1.807, 2.05) is 55.7 Å². The predicted molar refractivity (Wildman–Crippen MR) is 129 cm³/mol. The van der Waals surface area contributed by atoms with Crippen molar-refractivity contribution in [2.75, 3.05) is 19.4 Å². The number of carbonyl (C=O) groups is 2. The van der Waals surface area contributed by atoms with Crippen LogP contribution in [0.1, 0.15) is 29.4 Å². The van der Waals surface area contributed by atoms with Gasteiger partial charge in [-0.2, -0.15) is 0 Å². The maximum absolute atomic E-state index is 13.2. The highest BCUT2D eigenvalue weighted by atomic mass is 32.2. The van der Waals surface area contributed by atoms with Crippen LogP contribution in [0.5, 0.6) is 0 Å². The summed E-state index contributed by atoms with van der Waals surface area (Å²) in [6.45, 7) is 8.46. The number of methoxy groups -OCH3 is 1. The topological polar surface area (TPSA) is 77.3 Å². The van der Waals surface area contributed by atoms with Crippen molar-refractivity contribution >= 4 is 23.6 Å². The van der Waals surface area contributed by atoms with Gasteiger partial charge in [-0.3, -0.25) is 14.2 Å². The number of ether oxygens (including phenoxy) is 1. The minimum atomic E-state index is -0.423. The van der Waals surface area contributed by atoms with Gasteiger partial charge in [0.1, 0.15) is 5.82 Å². The van der Waals surface area contributed by atoms with Gasteiger partial charge >= 0.3 is 5.97 Å². The van der Waals surface area contributed by atoms with Gasteiger partial charge < -0.3 is 9.64 Å². The molecule has 0 fully saturated rings. The fourth-order valence-corrected chi connectivity index (χ4v) is 4.45. The lowest BCUT2D eigenvalue weighted by Crippen LogP contribution is -2.37. The number of esters is 1. The van der Waals surface area contributed by atoms with E-state index in [1.165, 1.54) is 18.9 Å². The van der Waals surface area contributed by atoms with E-state index in [1.54, 1.807) is 11.8 Å². The summed E-state index contributed by atoms with van der Waals surface area (Å²) in [4.78, 5) is 26.9. The summed E-state index contributed by atoms with van der Waals surface area (Å²) in [6, 6.07) is 16.0. The van der Waals surface area contributed by atoms with E-state index in [2.05, 4.69) is 28.4 Å². The number of aromatic nitrogens is 3. The molecule has 0 aliphatic heterocycles. The maximum atomic E-state index is 13.2. The quantitative estimate of drug-likeness (QED) is 0.349. The number of aryl methyl sites for hydroxylation is 3. The third-order valence-corrected chi connectivity index (χ3v) is 6.31. The summed E-state index contributed by atoms with van der Waals surface area (Å²) >= 11 is 1.35. The molecular weight excluding hydrogens is 436 g/mol. The van der Waals surface area contributed by atoms with Crippen LogP contribution in [0.2, 0.25) is 0 Å². The summed E-state index contributed by atoms with van der Waals surface area (Å²) in [5.74, 6) is 0.114. The molecule has 0 aliphatic rings. The fraction of sp³-hybridized carbons (Fsp3) is 0.360. The highest BCUT2D eigenvalue weighted by molar-refractivity contribution is 7.99. The Bertz CT molecular complexity index is 1110. The van der Waals surface area contributed by atoms with Gasteiger partial charge in [0.25, 0.3) is 0 Å². The van der Waals surface area contributed by atoms with E-state index >= 15 is 0 Å². The Labute approximate surface area is 199 Å². The summed E-state index contributed by atoms with van der Waals surface area (Å²) in [5, 5.41) is 9.22. The zero-order chi connectivity index (χ0) is 24.0. The van der Waals surface area contributed by atoms with Gasteiger partial charge in [-0.1, -0.05) is 61.2 Å². The van der Waals surface area contributed by atoms with Crippen molar-refractivity contribution in [2.45, 2.75) is 39.4 Å². The number of rotatable bonds is 9. The minimum Gasteiger partial charge on any atom is -0.469 e. The summed E-state index contributed by atoms with van der Waals surface area (Å²) in [7, 11) is 1.36. The molecule has 174 valence electrons. The number of carbonyl (C=O) groups excluding carboxylic acids is 2.